The Bertz CT molecular complexity index is 629. The van der Waals surface area contributed by atoms with E-state index in [1.165, 1.54) is 4.90 Å². The molecule has 0 heterocycles. The topological polar surface area (TPSA) is 87.7 Å². The lowest BCUT2D eigenvalue weighted by molar-refractivity contribution is -0.136. The average Bonchev–Trinajstić information content (AvgIpc) is 3.42. The summed E-state index contributed by atoms with van der Waals surface area (Å²) in [7, 11) is 1.56. The van der Waals surface area contributed by atoms with Gasteiger partial charge in [-0.2, -0.15) is 0 Å². The number of carbonyl (C=O) groups is 3. The predicted molar refractivity (Wildman–Crippen MR) is 94.7 cm³/mol. The number of alkyl halides is 1. The van der Waals surface area contributed by atoms with Crippen molar-refractivity contribution in [2.75, 3.05) is 25.5 Å². The van der Waals surface area contributed by atoms with Crippen molar-refractivity contribution < 1.29 is 19.1 Å². The maximum absolute atomic E-state index is 12.0. The van der Waals surface area contributed by atoms with Crippen molar-refractivity contribution in [1.82, 2.24) is 10.2 Å². The molecule has 0 aliphatic heterocycles. The van der Waals surface area contributed by atoms with Crippen LogP contribution in [0.3, 0.4) is 0 Å². The summed E-state index contributed by atoms with van der Waals surface area (Å²) < 4.78 is 5.04. The van der Waals surface area contributed by atoms with Crippen LogP contribution in [0.15, 0.2) is 24.3 Å². The van der Waals surface area contributed by atoms with Crippen LogP contribution in [0.5, 0.6) is 5.75 Å². The molecule has 1 aromatic carbocycles. The molecular formula is C17H22ClN3O4. The summed E-state index contributed by atoms with van der Waals surface area (Å²) in [6.07, 6.45) is 1.75. The zero-order chi connectivity index (χ0) is 18.4. The van der Waals surface area contributed by atoms with Crippen molar-refractivity contribution in [3.63, 3.8) is 0 Å². The van der Waals surface area contributed by atoms with Crippen LogP contribution in [-0.2, 0) is 14.4 Å². The molecule has 1 aromatic rings. The van der Waals surface area contributed by atoms with Crippen molar-refractivity contribution in [2.24, 2.45) is 0 Å². The van der Waals surface area contributed by atoms with Crippen LogP contribution in [-0.4, -0.2) is 54.2 Å². The van der Waals surface area contributed by atoms with E-state index in [1.54, 1.807) is 38.3 Å². The Hall–Kier alpha value is -2.28. The predicted octanol–water partition coefficient (Wildman–Crippen LogP) is 1.37. The largest absolute Gasteiger partial charge is 0.497 e. The smallest absolute Gasteiger partial charge is 0.243 e. The highest BCUT2D eigenvalue weighted by Gasteiger charge is 2.35. The first-order valence-corrected chi connectivity index (χ1v) is 8.49. The zero-order valence-electron chi connectivity index (χ0n) is 14.3. The summed E-state index contributed by atoms with van der Waals surface area (Å²) in [5, 5.41) is 4.51. The molecule has 1 atom stereocenters. The molecule has 0 spiro atoms. The molecule has 1 fully saturated rings. The Morgan fingerprint density at radius 3 is 2.40 bits per heavy atom. The summed E-state index contributed by atoms with van der Waals surface area (Å²) in [6.45, 7) is 1.32. The molecule has 3 amide bonds. The number of benzene rings is 1. The van der Waals surface area contributed by atoms with E-state index in [0.29, 0.717) is 11.4 Å². The molecule has 1 aliphatic rings. The molecule has 0 aromatic heterocycles. The van der Waals surface area contributed by atoms with E-state index in [0.717, 1.165) is 12.8 Å². The fourth-order valence-corrected chi connectivity index (χ4v) is 2.40. The lowest BCUT2D eigenvalue weighted by Gasteiger charge is -2.22. The highest BCUT2D eigenvalue weighted by molar-refractivity contribution is 6.30. The molecule has 2 rings (SSSR count). The summed E-state index contributed by atoms with van der Waals surface area (Å²) in [4.78, 5) is 37.4. The number of hydrogen-bond donors (Lipinski definition) is 2. The maximum atomic E-state index is 12.0. The third kappa shape index (κ3) is 5.94. The molecule has 2 N–H and O–H groups in total. The van der Waals surface area contributed by atoms with Gasteiger partial charge < -0.3 is 20.3 Å². The van der Waals surface area contributed by atoms with Crippen LogP contribution in [0.4, 0.5) is 5.69 Å². The van der Waals surface area contributed by atoms with Gasteiger partial charge in [-0.15, -0.1) is 11.6 Å². The molecule has 1 unspecified atom stereocenters. The molecule has 0 bridgehead atoms. The van der Waals surface area contributed by atoms with Gasteiger partial charge in [-0.1, -0.05) is 0 Å². The minimum atomic E-state index is -0.674. The van der Waals surface area contributed by atoms with E-state index >= 15 is 0 Å². The van der Waals surface area contributed by atoms with Crippen molar-refractivity contribution in [3.8, 4) is 5.75 Å². The molecule has 136 valence electrons. The maximum Gasteiger partial charge on any atom is 0.243 e. The number of anilines is 1. The van der Waals surface area contributed by atoms with E-state index in [1.807, 2.05) is 0 Å². The molecule has 1 saturated carbocycles. The lowest BCUT2D eigenvalue weighted by Crippen LogP contribution is -2.45. The SMILES string of the molecule is COc1ccc(NC(=O)CNC(=O)CN(C(=O)C(C)Cl)C2CC2)cc1. The number of nitrogens with zero attached hydrogens (tertiary/aromatic N) is 1. The standard InChI is InChI=1S/C17H22ClN3O4/c1-11(18)17(24)21(13-5-6-13)10-16(23)19-9-15(22)20-12-3-7-14(25-2)8-4-12/h3-4,7-8,11,13H,5-6,9-10H2,1-2H3,(H,19,23)(H,20,22). The van der Waals surface area contributed by atoms with Gasteiger partial charge in [-0.05, 0) is 44.0 Å². The van der Waals surface area contributed by atoms with E-state index in [2.05, 4.69) is 10.6 Å². The van der Waals surface area contributed by atoms with Crippen LogP contribution in [0, 0.1) is 0 Å². The van der Waals surface area contributed by atoms with Crippen LogP contribution in [0.2, 0.25) is 0 Å². The lowest BCUT2D eigenvalue weighted by atomic mass is 10.3. The van der Waals surface area contributed by atoms with Crippen molar-refractivity contribution in [2.45, 2.75) is 31.2 Å². The van der Waals surface area contributed by atoms with Gasteiger partial charge >= 0.3 is 0 Å². The number of ether oxygens (including phenoxy) is 1. The number of rotatable bonds is 8. The fraction of sp³-hybridized carbons (Fsp3) is 0.471. The fourth-order valence-electron chi connectivity index (χ4n) is 2.27. The van der Waals surface area contributed by atoms with Crippen molar-refractivity contribution >= 4 is 35.0 Å². The summed E-state index contributed by atoms with van der Waals surface area (Å²) >= 11 is 5.82. The minimum Gasteiger partial charge on any atom is -0.497 e. The van der Waals surface area contributed by atoms with Gasteiger partial charge in [0.25, 0.3) is 0 Å². The Morgan fingerprint density at radius 2 is 1.88 bits per heavy atom. The second-order valence-electron chi connectivity index (χ2n) is 5.87. The molecule has 0 saturated heterocycles. The van der Waals surface area contributed by atoms with E-state index < -0.39 is 5.38 Å². The van der Waals surface area contributed by atoms with Crippen molar-refractivity contribution in [3.05, 3.63) is 24.3 Å². The third-order valence-electron chi connectivity index (χ3n) is 3.74. The van der Waals surface area contributed by atoms with E-state index in [4.69, 9.17) is 16.3 Å². The Kier molecular flexibility index (Phi) is 6.64. The quantitative estimate of drug-likeness (QED) is 0.679. The van der Waals surface area contributed by atoms with Gasteiger partial charge in [0, 0.05) is 11.7 Å². The molecule has 1 aliphatic carbocycles. The third-order valence-corrected chi connectivity index (χ3v) is 3.93. The average molecular weight is 368 g/mol. The minimum absolute atomic E-state index is 0.0765. The van der Waals surface area contributed by atoms with E-state index in [9.17, 15) is 14.4 Å². The molecule has 8 heteroatoms. The molecule has 7 nitrogen and oxygen atoms in total. The number of carbonyl (C=O) groups excluding carboxylic acids is 3. The number of halogens is 1. The number of amides is 3. The molecule has 25 heavy (non-hydrogen) atoms. The highest BCUT2D eigenvalue weighted by atomic mass is 35.5. The summed E-state index contributed by atoms with van der Waals surface area (Å²) in [5.74, 6) is -0.317. The van der Waals surface area contributed by atoms with E-state index in [-0.39, 0.29) is 36.9 Å². The van der Waals surface area contributed by atoms with Crippen LogP contribution >= 0.6 is 11.6 Å². The second kappa shape index (κ2) is 8.71. The van der Waals surface area contributed by atoms with Gasteiger partial charge in [0.2, 0.25) is 17.7 Å². The Morgan fingerprint density at radius 1 is 1.24 bits per heavy atom. The van der Waals surface area contributed by atoms with Crippen molar-refractivity contribution in [1.29, 1.82) is 0 Å². The van der Waals surface area contributed by atoms with Gasteiger partial charge in [0.1, 0.15) is 11.1 Å². The summed E-state index contributed by atoms with van der Waals surface area (Å²) in [5.41, 5.74) is 0.603. The Balaban J connectivity index is 1.78. The number of hydrogen-bond acceptors (Lipinski definition) is 4. The Labute approximate surface area is 151 Å². The van der Waals surface area contributed by atoms with Gasteiger partial charge in [-0.25, -0.2) is 0 Å². The number of methoxy groups -OCH3 is 1. The second-order valence-corrected chi connectivity index (χ2v) is 6.52. The first-order chi connectivity index (χ1) is 11.9. The highest BCUT2D eigenvalue weighted by Crippen LogP contribution is 2.27. The van der Waals surface area contributed by atoms with Crippen LogP contribution in [0.25, 0.3) is 0 Å². The van der Waals surface area contributed by atoms with Gasteiger partial charge in [0.05, 0.1) is 20.2 Å². The van der Waals surface area contributed by atoms with Crippen LogP contribution < -0.4 is 15.4 Å². The van der Waals surface area contributed by atoms with Gasteiger partial charge in [-0.3, -0.25) is 14.4 Å². The molecule has 0 radical (unpaired) electrons. The summed E-state index contributed by atoms with van der Waals surface area (Å²) in [6, 6.07) is 6.93. The number of nitrogens with one attached hydrogen (secondary N) is 2. The first-order valence-electron chi connectivity index (χ1n) is 8.06. The zero-order valence-corrected chi connectivity index (χ0v) is 15.0. The van der Waals surface area contributed by atoms with Crippen LogP contribution in [0.1, 0.15) is 19.8 Å². The monoisotopic (exact) mass is 367 g/mol. The first kappa shape index (κ1) is 19.1. The molecular weight excluding hydrogens is 346 g/mol. The normalized spacial score (nSPS) is 14.4. The van der Waals surface area contributed by atoms with Gasteiger partial charge in [0.15, 0.2) is 0 Å².